The highest BCUT2D eigenvalue weighted by Gasteiger charge is 2.14. The zero-order valence-electron chi connectivity index (χ0n) is 15.2. The zero-order chi connectivity index (χ0) is 19.8. The molecule has 0 fully saturated rings. The van der Waals surface area contributed by atoms with E-state index in [4.69, 9.17) is 23.2 Å². The minimum Gasteiger partial charge on any atom is -0.325 e. The minimum absolute atomic E-state index is 0.159. The highest BCUT2D eigenvalue weighted by molar-refractivity contribution is 7.99. The van der Waals surface area contributed by atoms with E-state index in [1.807, 2.05) is 16.5 Å². The van der Waals surface area contributed by atoms with Crippen LogP contribution in [-0.4, -0.2) is 26.3 Å². The van der Waals surface area contributed by atoms with Crippen LogP contribution in [0.2, 0.25) is 10.0 Å². The number of nitrogens with zero attached hydrogens (tertiary/aromatic N) is 3. The lowest BCUT2D eigenvalue weighted by Gasteiger charge is -2.10. The Labute approximate surface area is 176 Å². The summed E-state index contributed by atoms with van der Waals surface area (Å²) in [6.45, 7) is 4.13. The largest absolute Gasteiger partial charge is 0.325 e. The molecule has 0 aliphatic heterocycles. The number of carbonyl (C=O) groups excluding carboxylic acids is 1. The second-order valence-corrected chi connectivity index (χ2v) is 8.20. The molecular weight excluding hydrogens is 415 g/mol. The summed E-state index contributed by atoms with van der Waals surface area (Å²) in [6, 6.07) is 13.2. The number of aromatic nitrogens is 3. The van der Waals surface area contributed by atoms with E-state index < -0.39 is 0 Å². The molecule has 2 aromatic heterocycles. The maximum Gasteiger partial charge on any atom is 0.234 e. The number of fused-ring (bicyclic) bond motifs is 3. The standard InChI is InChI=1S/C20H16Cl2N4OS/c1-11-4-3-5-14-12(2)8-17-24-25-20(26(17)19(11)14)28-10-18(27)23-13-6-7-15(21)16(22)9-13/h3-9H,10H2,1-2H3,(H,23,27). The lowest BCUT2D eigenvalue weighted by molar-refractivity contribution is -0.113. The van der Waals surface area contributed by atoms with Crippen molar-refractivity contribution < 1.29 is 4.79 Å². The highest BCUT2D eigenvalue weighted by Crippen LogP contribution is 2.28. The Bertz CT molecular complexity index is 1220. The molecule has 28 heavy (non-hydrogen) atoms. The van der Waals surface area contributed by atoms with Crippen molar-refractivity contribution in [1.29, 1.82) is 0 Å². The molecule has 0 atom stereocenters. The number of pyridine rings is 1. The van der Waals surface area contributed by atoms with Gasteiger partial charge in [0.05, 0.1) is 21.3 Å². The van der Waals surface area contributed by atoms with E-state index in [1.165, 1.54) is 11.8 Å². The van der Waals surface area contributed by atoms with Crippen LogP contribution in [0.1, 0.15) is 11.1 Å². The lowest BCUT2D eigenvalue weighted by Crippen LogP contribution is -2.14. The van der Waals surface area contributed by atoms with Gasteiger partial charge in [0.15, 0.2) is 10.8 Å². The Kier molecular flexibility index (Phi) is 5.19. The fourth-order valence-corrected chi connectivity index (χ4v) is 4.17. The zero-order valence-corrected chi connectivity index (χ0v) is 17.5. The van der Waals surface area contributed by atoms with Crippen molar-refractivity contribution in [2.24, 2.45) is 0 Å². The monoisotopic (exact) mass is 430 g/mol. The third-order valence-corrected chi connectivity index (χ3v) is 6.09. The van der Waals surface area contributed by atoms with E-state index in [0.717, 1.165) is 27.7 Å². The Morgan fingerprint density at radius 3 is 2.68 bits per heavy atom. The number of benzene rings is 2. The molecule has 0 aliphatic carbocycles. The number of rotatable bonds is 4. The molecule has 0 aliphatic rings. The predicted molar refractivity (Wildman–Crippen MR) is 116 cm³/mol. The first-order valence-corrected chi connectivity index (χ1v) is 10.3. The van der Waals surface area contributed by atoms with Gasteiger partial charge in [0.2, 0.25) is 5.91 Å². The fourth-order valence-electron chi connectivity index (χ4n) is 3.12. The topological polar surface area (TPSA) is 59.3 Å². The molecule has 4 rings (SSSR count). The van der Waals surface area contributed by atoms with Crippen LogP contribution in [0.5, 0.6) is 0 Å². The SMILES string of the molecule is Cc1cc2nnc(SCC(=O)Nc3ccc(Cl)c(Cl)c3)n2c2c(C)cccc12. The third kappa shape index (κ3) is 3.55. The summed E-state index contributed by atoms with van der Waals surface area (Å²) < 4.78 is 2.01. The van der Waals surface area contributed by atoms with E-state index in [2.05, 4.69) is 41.5 Å². The number of amides is 1. The normalized spacial score (nSPS) is 11.3. The average molecular weight is 431 g/mol. The Hall–Kier alpha value is -2.28. The van der Waals surface area contributed by atoms with Crippen molar-refractivity contribution >= 4 is 63.1 Å². The molecule has 0 radical (unpaired) electrons. The second kappa shape index (κ2) is 7.62. The van der Waals surface area contributed by atoms with Crippen LogP contribution in [0, 0.1) is 13.8 Å². The summed E-state index contributed by atoms with van der Waals surface area (Å²) in [4.78, 5) is 12.4. The van der Waals surface area contributed by atoms with Crippen molar-refractivity contribution in [2.45, 2.75) is 19.0 Å². The van der Waals surface area contributed by atoms with Crippen LogP contribution in [0.25, 0.3) is 16.6 Å². The smallest absolute Gasteiger partial charge is 0.234 e. The molecule has 0 spiro atoms. The van der Waals surface area contributed by atoms with Gasteiger partial charge in [-0.25, -0.2) is 0 Å². The van der Waals surface area contributed by atoms with Crippen LogP contribution >= 0.6 is 35.0 Å². The Morgan fingerprint density at radius 1 is 1.07 bits per heavy atom. The quantitative estimate of drug-likeness (QED) is 0.431. The van der Waals surface area contributed by atoms with Crippen molar-refractivity contribution in [3.05, 3.63) is 63.6 Å². The number of nitrogens with one attached hydrogen (secondary N) is 1. The van der Waals surface area contributed by atoms with Gasteiger partial charge in [-0.05, 0) is 49.2 Å². The molecule has 0 saturated heterocycles. The van der Waals surface area contributed by atoms with Gasteiger partial charge in [-0.2, -0.15) is 0 Å². The average Bonchev–Trinajstić information content (AvgIpc) is 3.06. The number of anilines is 1. The van der Waals surface area contributed by atoms with E-state index in [9.17, 15) is 4.79 Å². The van der Waals surface area contributed by atoms with Crippen molar-refractivity contribution in [1.82, 2.24) is 14.6 Å². The van der Waals surface area contributed by atoms with Gasteiger partial charge in [-0.3, -0.25) is 9.20 Å². The number of hydrogen-bond acceptors (Lipinski definition) is 4. The number of aryl methyl sites for hydroxylation is 2. The van der Waals surface area contributed by atoms with Gasteiger partial charge in [0, 0.05) is 11.1 Å². The predicted octanol–water partition coefficient (Wildman–Crippen LogP) is 5.54. The van der Waals surface area contributed by atoms with Crippen molar-refractivity contribution in [3.8, 4) is 0 Å². The van der Waals surface area contributed by atoms with Crippen LogP contribution in [0.15, 0.2) is 47.6 Å². The summed E-state index contributed by atoms with van der Waals surface area (Å²) in [7, 11) is 0. The molecule has 2 heterocycles. The highest BCUT2D eigenvalue weighted by atomic mass is 35.5. The number of carbonyl (C=O) groups is 1. The number of thioether (sulfide) groups is 1. The summed E-state index contributed by atoms with van der Waals surface area (Å²) >= 11 is 13.2. The van der Waals surface area contributed by atoms with Crippen LogP contribution < -0.4 is 5.32 Å². The third-order valence-electron chi connectivity index (χ3n) is 4.43. The first-order valence-electron chi connectivity index (χ1n) is 8.56. The van der Waals surface area contributed by atoms with Gasteiger partial charge in [0.1, 0.15) is 0 Å². The summed E-state index contributed by atoms with van der Waals surface area (Å²) in [5, 5.41) is 14.1. The molecule has 0 saturated carbocycles. The molecule has 0 bridgehead atoms. The van der Waals surface area contributed by atoms with Crippen molar-refractivity contribution in [3.63, 3.8) is 0 Å². The molecule has 8 heteroatoms. The van der Waals surface area contributed by atoms with E-state index in [1.54, 1.807) is 18.2 Å². The lowest BCUT2D eigenvalue weighted by atomic mass is 10.1. The van der Waals surface area contributed by atoms with Crippen LogP contribution in [0.3, 0.4) is 0 Å². The molecule has 142 valence electrons. The van der Waals surface area contributed by atoms with E-state index in [0.29, 0.717) is 20.9 Å². The number of para-hydroxylation sites is 1. The number of halogens is 2. The summed E-state index contributed by atoms with van der Waals surface area (Å²) in [6.07, 6.45) is 0. The molecule has 2 aromatic carbocycles. The van der Waals surface area contributed by atoms with Crippen LogP contribution in [0.4, 0.5) is 5.69 Å². The molecule has 4 aromatic rings. The summed E-state index contributed by atoms with van der Waals surface area (Å²) in [5.41, 5.74) is 4.71. The van der Waals surface area contributed by atoms with Gasteiger partial charge < -0.3 is 5.32 Å². The van der Waals surface area contributed by atoms with E-state index >= 15 is 0 Å². The van der Waals surface area contributed by atoms with Gasteiger partial charge in [-0.1, -0.05) is 53.2 Å². The molecule has 5 nitrogen and oxygen atoms in total. The Balaban J connectivity index is 1.60. The molecule has 0 unspecified atom stereocenters. The molecular formula is C20H16Cl2N4OS. The fraction of sp³-hybridized carbons (Fsp3) is 0.150. The van der Waals surface area contributed by atoms with Crippen LogP contribution in [-0.2, 0) is 4.79 Å². The maximum absolute atomic E-state index is 12.4. The first-order chi connectivity index (χ1) is 13.4. The van der Waals surface area contributed by atoms with E-state index in [-0.39, 0.29) is 11.7 Å². The maximum atomic E-state index is 12.4. The summed E-state index contributed by atoms with van der Waals surface area (Å²) in [5.74, 6) is 0.0377. The Morgan fingerprint density at radius 2 is 1.89 bits per heavy atom. The molecule has 1 amide bonds. The number of hydrogen-bond donors (Lipinski definition) is 1. The van der Waals surface area contributed by atoms with Gasteiger partial charge in [-0.15, -0.1) is 10.2 Å². The van der Waals surface area contributed by atoms with Gasteiger partial charge >= 0.3 is 0 Å². The first kappa shape index (κ1) is 19.1. The second-order valence-electron chi connectivity index (χ2n) is 6.44. The van der Waals surface area contributed by atoms with Gasteiger partial charge in [0.25, 0.3) is 0 Å². The molecule has 1 N–H and O–H groups in total. The minimum atomic E-state index is -0.159. The van der Waals surface area contributed by atoms with Crippen molar-refractivity contribution in [2.75, 3.05) is 11.1 Å².